The van der Waals surface area contributed by atoms with Gasteiger partial charge in [-0.3, -0.25) is 0 Å². The number of nitrogens with zero attached hydrogens (tertiary/aromatic N) is 1. The average molecular weight is 567 g/mol. The Morgan fingerprint density at radius 3 is 2.27 bits per heavy atom. The Morgan fingerprint density at radius 2 is 1.59 bits per heavy atom. The van der Waals surface area contributed by atoms with Crippen molar-refractivity contribution in [2.75, 3.05) is 12.4 Å². The van der Waals surface area contributed by atoms with Crippen molar-refractivity contribution in [3.05, 3.63) is 108 Å². The van der Waals surface area contributed by atoms with Gasteiger partial charge in [0.25, 0.3) is 0 Å². The number of fused-ring (bicyclic) bond motifs is 1. The first-order chi connectivity index (χ1) is 19.7. The molecule has 5 rings (SSSR count). The molecule has 8 nitrogen and oxygen atoms in total. The Kier molecular flexibility index (Phi) is 7.74. The first kappa shape index (κ1) is 27.5. The molecule has 2 amide bonds. The molecule has 0 bridgehead atoms. The number of aromatic nitrogens is 2. The highest BCUT2D eigenvalue weighted by Gasteiger charge is 2.35. The molecule has 0 aliphatic rings. The number of carbonyl (C=O) groups excluding carboxylic acids is 1. The van der Waals surface area contributed by atoms with E-state index in [0.29, 0.717) is 22.8 Å². The second-order valence-electron chi connectivity index (χ2n) is 8.70. The Hall–Kier alpha value is -5.10. The molecule has 0 aliphatic heterocycles. The van der Waals surface area contributed by atoms with E-state index in [9.17, 15) is 22.4 Å². The average Bonchev–Trinajstić information content (AvgIpc) is 3.44. The normalized spacial score (nSPS) is 12.1. The van der Waals surface area contributed by atoms with Crippen LogP contribution < -0.4 is 20.1 Å². The zero-order valence-electron chi connectivity index (χ0n) is 21.3. The number of pyridine rings is 1. The summed E-state index contributed by atoms with van der Waals surface area (Å²) in [6.45, 7) is 0. The van der Waals surface area contributed by atoms with Crippen molar-refractivity contribution < 1.29 is 36.6 Å². The summed E-state index contributed by atoms with van der Waals surface area (Å²) >= 11 is 0. The molecule has 12 heteroatoms. The maximum absolute atomic E-state index is 13.8. The highest BCUT2D eigenvalue weighted by Crippen LogP contribution is 2.40. The van der Waals surface area contributed by atoms with Crippen LogP contribution in [0, 0.1) is 5.82 Å². The summed E-state index contributed by atoms with van der Waals surface area (Å²) in [6, 6.07) is 17.2. The minimum absolute atomic E-state index is 0.0265. The van der Waals surface area contributed by atoms with E-state index in [1.54, 1.807) is 42.7 Å². The lowest BCUT2D eigenvalue weighted by Crippen LogP contribution is -2.33. The molecule has 0 aliphatic carbocycles. The summed E-state index contributed by atoms with van der Waals surface area (Å²) < 4.78 is 71.2. The van der Waals surface area contributed by atoms with Crippen molar-refractivity contribution >= 4 is 22.8 Å². The molecule has 0 saturated carbocycles. The number of halogens is 4. The molecule has 5 aromatic rings. The fourth-order valence-corrected chi connectivity index (χ4v) is 3.97. The van der Waals surface area contributed by atoms with Crippen LogP contribution in [-0.2, 0) is 10.9 Å². The smallest absolute Gasteiger partial charge is 0.419 e. The maximum atomic E-state index is 13.8. The largest absolute Gasteiger partial charge is 0.457 e. The molecular weight excluding hydrogens is 544 g/mol. The number of rotatable bonds is 8. The van der Waals surface area contributed by atoms with Crippen LogP contribution in [0.1, 0.15) is 17.4 Å². The summed E-state index contributed by atoms with van der Waals surface area (Å²) in [5.41, 5.74) is 0.0247. The number of amides is 2. The number of aromatic amines is 1. The summed E-state index contributed by atoms with van der Waals surface area (Å²) in [4.78, 5) is 19.9. The van der Waals surface area contributed by atoms with Gasteiger partial charge < -0.3 is 29.8 Å². The van der Waals surface area contributed by atoms with Crippen LogP contribution in [0.4, 0.5) is 28.0 Å². The first-order valence-corrected chi connectivity index (χ1v) is 12.1. The van der Waals surface area contributed by atoms with Crippen LogP contribution in [-0.4, -0.2) is 23.1 Å². The minimum Gasteiger partial charge on any atom is -0.457 e. The van der Waals surface area contributed by atoms with Crippen LogP contribution in [0.5, 0.6) is 23.0 Å². The number of hydrogen-bond acceptors (Lipinski definition) is 5. The van der Waals surface area contributed by atoms with Gasteiger partial charge in [0.2, 0.25) is 0 Å². The van der Waals surface area contributed by atoms with Gasteiger partial charge in [-0.2, -0.15) is 13.2 Å². The van der Waals surface area contributed by atoms with E-state index in [0.717, 1.165) is 29.7 Å². The molecule has 0 fully saturated rings. The summed E-state index contributed by atoms with van der Waals surface area (Å²) in [5, 5.41) is 5.91. The fourth-order valence-electron chi connectivity index (χ4n) is 3.97. The zero-order valence-corrected chi connectivity index (χ0v) is 21.3. The highest BCUT2D eigenvalue weighted by molar-refractivity contribution is 5.89. The predicted molar refractivity (Wildman–Crippen MR) is 142 cm³/mol. The van der Waals surface area contributed by atoms with Crippen LogP contribution in [0.25, 0.3) is 11.0 Å². The van der Waals surface area contributed by atoms with E-state index in [1.165, 1.54) is 25.3 Å². The van der Waals surface area contributed by atoms with Crippen LogP contribution >= 0.6 is 0 Å². The molecular formula is C29H22F4N4O4. The van der Waals surface area contributed by atoms with Gasteiger partial charge in [-0.25, -0.2) is 14.2 Å². The number of ether oxygens (including phenoxy) is 3. The number of methoxy groups -OCH3 is 1. The third kappa shape index (κ3) is 6.56. The number of alkyl halides is 3. The number of urea groups is 1. The van der Waals surface area contributed by atoms with Crippen molar-refractivity contribution in [3.8, 4) is 23.0 Å². The topological polar surface area (TPSA) is 97.5 Å². The van der Waals surface area contributed by atoms with Crippen LogP contribution in [0.3, 0.4) is 0 Å². The standard InChI is InChI=1S/C29H22F4N4O4/c1-39-27(17-2-11-25(23(16-17)29(31,32)33)41-20-7-3-18(30)4-8-20)37-28(38)36-19-5-9-21(10-6-19)40-24-13-15-35-26-22(24)12-14-34-26/h2-16,27H,1H3,(H,34,35)(H2,36,37,38). The zero-order chi connectivity index (χ0) is 29.0. The Morgan fingerprint density at radius 1 is 0.902 bits per heavy atom. The van der Waals surface area contributed by atoms with E-state index in [2.05, 4.69) is 20.6 Å². The van der Waals surface area contributed by atoms with E-state index in [1.807, 2.05) is 6.07 Å². The second-order valence-corrected chi connectivity index (χ2v) is 8.70. The Labute approximate surface area is 230 Å². The lowest BCUT2D eigenvalue weighted by atomic mass is 10.1. The van der Waals surface area contributed by atoms with Crippen LogP contribution in [0.15, 0.2) is 91.3 Å². The molecule has 3 aromatic carbocycles. The maximum Gasteiger partial charge on any atom is 0.419 e. The molecule has 2 heterocycles. The van der Waals surface area contributed by atoms with Gasteiger partial charge in [0.1, 0.15) is 34.5 Å². The quantitative estimate of drug-likeness (QED) is 0.132. The number of benzene rings is 3. The van der Waals surface area contributed by atoms with E-state index in [4.69, 9.17) is 14.2 Å². The van der Waals surface area contributed by atoms with Crippen molar-refractivity contribution in [1.82, 2.24) is 15.3 Å². The van der Waals surface area contributed by atoms with E-state index < -0.39 is 35.6 Å². The van der Waals surface area contributed by atoms with Gasteiger partial charge in [-0.1, -0.05) is 6.07 Å². The Balaban J connectivity index is 1.26. The molecule has 3 N–H and O–H groups in total. The fraction of sp³-hybridized carbons (Fsp3) is 0.103. The number of anilines is 1. The van der Waals surface area contributed by atoms with Crippen LogP contribution in [0.2, 0.25) is 0 Å². The van der Waals surface area contributed by atoms with E-state index >= 15 is 0 Å². The number of carbonyl (C=O) groups is 1. The third-order valence-corrected chi connectivity index (χ3v) is 5.91. The van der Waals surface area contributed by atoms with Crippen molar-refractivity contribution in [2.45, 2.75) is 12.4 Å². The molecule has 0 spiro atoms. The predicted octanol–water partition coefficient (Wildman–Crippen LogP) is 7.77. The van der Waals surface area contributed by atoms with Gasteiger partial charge >= 0.3 is 12.2 Å². The highest BCUT2D eigenvalue weighted by atomic mass is 19.4. The SMILES string of the molecule is COC(NC(=O)Nc1ccc(Oc2ccnc3[nH]ccc23)cc1)c1ccc(Oc2ccc(F)cc2)c(C(F)(F)F)c1. The van der Waals surface area contributed by atoms with E-state index in [-0.39, 0.29) is 11.3 Å². The molecule has 1 atom stereocenters. The summed E-state index contributed by atoms with van der Waals surface area (Å²) in [5.74, 6) is 0.106. The molecule has 1 unspecified atom stereocenters. The minimum atomic E-state index is -4.78. The first-order valence-electron chi connectivity index (χ1n) is 12.1. The molecule has 210 valence electrons. The summed E-state index contributed by atoms with van der Waals surface area (Å²) in [7, 11) is 1.24. The number of nitrogens with one attached hydrogen (secondary N) is 3. The van der Waals surface area contributed by atoms with Crippen molar-refractivity contribution in [2.24, 2.45) is 0 Å². The van der Waals surface area contributed by atoms with Gasteiger partial charge in [0.05, 0.1) is 10.9 Å². The van der Waals surface area contributed by atoms with Gasteiger partial charge in [0, 0.05) is 30.8 Å². The monoisotopic (exact) mass is 566 g/mol. The van der Waals surface area contributed by atoms with Gasteiger partial charge in [0.15, 0.2) is 6.23 Å². The lowest BCUT2D eigenvalue weighted by molar-refractivity contribution is -0.138. The Bertz CT molecular complexity index is 1650. The third-order valence-electron chi connectivity index (χ3n) is 5.91. The number of hydrogen-bond donors (Lipinski definition) is 3. The molecule has 0 saturated heterocycles. The number of H-pyrrole nitrogens is 1. The molecule has 2 aromatic heterocycles. The van der Waals surface area contributed by atoms with Gasteiger partial charge in [-0.05, 0) is 72.8 Å². The molecule has 41 heavy (non-hydrogen) atoms. The van der Waals surface area contributed by atoms with Crippen molar-refractivity contribution in [3.63, 3.8) is 0 Å². The summed E-state index contributed by atoms with van der Waals surface area (Å²) in [6.07, 6.45) is -2.62. The van der Waals surface area contributed by atoms with Gasteiger partial charge in [-0.15, -0.1) is 0 Å². The van der Waals surface area contributed by atoms with Crippen molar-refractivity contribution in [1.29, 1.82) is 0 Å². The lowest BCUT2D eigenvalue weighted by Gasteiger charge is -2.21. The molecule has 0 radical (unpaired) electrons. The second kappa shape index (κ2) is 11.6.